The minimum atomic E-state index is -3.59. The van der Waals surface area contributed by atoms with E-state index in [1.165, 1.54) is 16.2 Å². The Morgan fingerprint density at radius 3 is 2.53 bits per heavy atom. The summed E-state index contributed by atoms with van der Waals surface area (Å²) in [6, 6.07) is 10.0. The lowest BCUT2D eigenvalue weighted by atomic mass is 10.2. The highest BCUT2D eigenvalue weighted by Gasteiger charge is 2.17. The summed E-state index contributed by atoms with van der Waals surface area (Å²) in [5.41, 5.74) is 1.52. The van der Waals surface area contributed by atoms with Crippen LogP contribution in [-0.4, -0.2) is 24.1 Å². The monoisotopic (exact) mass is 277 g/mol. The number of aryl methyl sites for hydroxylation is 1. The number of aliphatic hydroxyl groups excluding tert-OH is 1. The van der Waals surface area contributed by atoms with E-state index in [4.69, 9.17) is 5.11 Å². The summed E-state index contributed by atoms with van der Waals surface area (Å²) in [5.74, 6) is 0. The minimum absolute atomic E-state index is 0.129. The van der Waals surface area contributed by atoms with Gasteiger partial charge < -0.3 is 5.11 Å². The van der Waals surface area contributed by atoms with Crippen molar-refractivity contribution in [2.24, 2.45) is 0 Å². The number of hydrogen-bond donors (Lipinski definition) is 1. The van der Waals surface area contributed by atoms with E-state index in [0.717, 1.165) is 5.56 Å². The number of aromatic nitrogens is 1. The minimum Gasteiger partial charge on any atom is -0.392 e. The molecule has 0 unspecified atom stereocenters. The van der Waals surface area contributed by atoms with Gasteiger partial charge >= 0.3 is 0 Å². The summed E-state index contributed by atoms with van der Waals surface area (Å²) in [6.45, 7) is 1.78. The average molecular weight is 277 g/mol. The molecule has 5 heteroatoms. The lowest BCUT2D eigenvalue weighted by molar-refractivity contribution is 0.343. The zero-order chi connectivity index (χ0) is 13.9. The highest BCUT2D eigenvalue weighted by molar-refractivity contribution is 7.90. The molecule has 1 heterocycles. The van der Waals surface area contributed by atoms with Crippen LogP contribution in [0.3, 0.4) is 0 Å². The van der Waals surface area contributed by atoms with Gasteiger partial charge in [-0.05, 0) is 37.3 Å². The molecule has 1 N–H and O–H groups in total. The Morgan fingerprint density at radius 1 is 1.21 bits per heavy atom. The zero-order valence-electron chi connectivity index (χ0n) is 10.5. The fourth-order valence-corrected chi connectivity index (χ4v) is 3.06. The molecule has 1 aromatic heterocycles. The number of hydrogen-bond acceptors (Lipinski definition) is 3. The molecule has 0 saturated heterocycles. The van der Waals surface area contributed by atoms with E-state index in [1.807, 2.05) is 6.92 Å². The molecule has 0 aliphatic rings. The molecule has 0 aliphatic carbocycles. The molecule has 2 aromatic rings. The van der Waals surface area contributed by atoms with Crippen LogP contribution in [0.2, 0.25) is 0 Å². The second-order valence-corrected chi connectivity index (χ2v) is 5.95. The van der Waals surface area contributed by atoms with Crippen LogP contribution in [0.5, 0.6) is 0 Å². The van der Waals surface area contributed by atoms with E-state index in [0.29, 0.717) is 5.69 Å². The Hall–Kier alpha value is -1.85. The van der Waals surface area contributed by atoms with Gasteiger partial charge in [0.1, 0.15) is 0 Å². The maximum Gasteiger partial charge on any atom is 0.268 e. The van der Waals surface area contributed by atoms with E-state index in [2.05, 4.69) is 0 Å². The van der Waals surface area contributed by atoms with Gasteiger partial charge in [0, 0.05) is 6.20 Å². The molecule has 19 heavy (non-hydrogen) atoms. The summed E-state index contributed by atoms with van der Waals surface area (Å²) >= 11 is 0. The van der Waals surface area contributed by atoms with Crippen molar-refractivity contribution >= 4 is 16.1 Å². The van der Waals surface area contributed by atoms with Crippen molar-refractivity contribution in [1.82, 2.24) is 3.97 Å². The lowest BCUT2D eigenvalue weighted by Crippen LogP contribution is -2.13. The molecule has 1 aromatic carbocycles. The number of nitrogens with zero attached hydrogens (tertiary/aromatic N) is 1. The summed E-state index contributed by atoms with van der Waals surface area (Å²) in [4.78, 5) is 0.243. The van der Waals surface area contributed by atoms with Crippen LogP contribution in [0.15, 0.2) is 53.6 Å². The van der Waals surface area contributed by atoms with Crippen molar-refractivity contribution in [1.29, 1.82) is 0 Å². The summed E-state index contributed by atoms with van der Waals surface area (Å²) < 4.78 is 26.1. The third-order valence-electron chi connectivity index (χ3n) is 2.71. The maximum absolute atomic E-state index is 12.5. The summed E-state index contributed by atoms with van der Waals surface area (Å²) in [5, 5.41) is 8.76. The topological polar surface area (TPSA) is 59.3 Å². The maximum atomic E-state index is 12.5. The van der Waals surface area contributed by atoms with Crippen LogP contribution >= 0.6 is 0 Å². The van der Waals surface area contributed by atoms with Crippen LogP contribution in [0.1, 0.15) is 11.3 Å². The predicted octanol–water partition coefficient (Wildman–Crippen LogP) is 2.04. The second kappa shape index (κ2) is 5.42. The van der Waals surface area contributed by atoms with Crippen molar-refractivity contribution in [2.75, 3.05) is 6.61 Å². The van der Waals surface area contributed by atoms with Gasteiger partial charge in [-0.15, -0.1) is 0 Å². The van der Waals surface area contributed by atoms with Gasteiger partial charge in [0.05, 0.1) is 17.2 Å². The van der Waals surface area contributed by atoms with Crippen molar-refractivity contribution in [2.45, 2.75) is 11.8 Å². The van der Waals surface area contributed by atoms with E-state index >= 15 is 0 Å². The highest BCUT2D eigenvalue weighted by Crippen LogP contribution is 2.18. The van der Waals surface area contributed by atoms with Gasteiger partial charge in [0.15, 0.2) is 0 Å². The van der Waals surface area contributed by atoms with E-state index in [-0.39, 0.29) is 11.5 Å². The molecule has 0 spiro atoms. The quantitative estimate of drug-likeness (QED) is 0.930. The Labute approximate surface area is 112 Å². The fourth-order valence-electron chi connectivity index (χ4n) is 1.72. The first-order valence-electron chi connectivity index (χ1n) is 5.83. The van der Waals surface area contributed by atoms with Crippen molar-refractivity contribution in [3.63, 3.8) is 0 Å². The van der Waals surface area contributed by atoms with Crippen molar-refractivity contribution < 1.29 is 13.5 Å². The predicted molar refractivity (Wildman–Crippen MR) is 74.3 cm³/mol. The van der Waals surface area contributed by atoms with Crippen molar-refractivity contribution in [3.8, 4) is 0 Å². The van der Waals surface area contributed by atoms with E-state index in [1.54, 1.807) is 42.5 Å². The molecular weight excluding hydrogens is 262 g/mol. The Balaban J connectivity index is 2.48. The Bertz CT molecular complexity index is 682. The Morgan fingerprint density at radius 2 is 1.89 bits per heavy atom. The van der Waals surface area contributed by atoms with Gasteiger partial charge in [0.2, 0.25) is 0 Å². The third-order valence-corrected chi connectivity index (χ3v) is 4.43. The average Bonchev–Trinajstić information content (AvgIpc) is 2.86. The standard InChI is InChI=1S/C14H15NO3S/c1-12-6-8-14(9-7-12)19(17,18)15-10-2-4-13(15)5-3-11-16/h2-10,16H,11H2,1H3/b5-3+. The third kappa shape index (κ3) is 2.77. The molecule has 0 bridgehead atoms. The summed E-state index contributed by atoms with van der Waals surface area (Å²) in [6.07, 6.45) is 4.56. The molecule has 0 aliphatic heterocycles. The molecule has 4 nitrogen and oxygen atoms in total. The fraction of sp³-hybridized carbons (Fsp3) is 0.143. The zero-order valence-corrected chi connectivity index (χ0v) is 11.3. The molecule has 0 amide bonds. The van der Waals surface area contributed by atoms with Crippen LogP contribution in [0, 0.1) is 6.92 Å². The van der Waals surface area contributed by atoms with E-state index < -0.39 is 10.0 Å². The normalized spacial score (nSPS) is 12.1. The lowest BCUT2D eigenvalue weighted by Gasteiger charge is -2.08. The largest absolute Gasteiger partial charge is 0.392 e. The molecule has 0 radical (unpaired) electrons. The molecular formula is C14H15NO3S. The van der Waals surface area contributed by atoms with Gasteiger partial charge in [-0.3, -0.25) is 0 Å². The molecule has 0 fully saturated rings. The van der Waals surface area contributed by atoms with Crippen LogP contribution in [-0.2, 0) is 10.0 Å². The van der Waals surface area contributed by atoms with Crippen molar-refractivity contribution in [3.05, 3.63) is 59.9 Å². The van der Waals surface area contributed by atoms with Gasteiger partial charge in [0.25, 0.3) is 10.0 Å². The van der Waals surface area contributed by atoms with E-state index in [9.17, 15) is 8.42 Å². The SMILES string of the molecule is Cc1ccc(S(=O)(=O)n2cccc2/C=C/CO)cc1. The second-order valence-electron chi connectivity index (χ2n) is 4.13. The molecule has 0 saturated carbocycles. The van der Waals surface area contributed by atoms with Gasteiger partial charge in [-0.1, -0.05) is 23.8 Å². The first-order valence-corrected chi connectivity index (χ1v) is 7.27. The van der Waals surface area contributed by atoms with Crippen LogP contribution in [0.25, 0.3) is 6.08 Å². The van der Waals surface area contributed by atoms with Gasteiger partial charge in [-0.25, -0.2) is 12.4 Å². The highest BCUT2D eigenvalue weighted by atomic mass is 32.2. The Kier molecular flexibility index (Phi) is 3.87. The summed E-state index contributed by atoms with van der Waals surface area (Å²) in [7, 11) is -3.59. The van der Waals surface area contributed by atoms with Crippen LogP contribution < -0.4 is 0 Å². The molecule has 2 rings (SSSR count). The number of benzene rings is 1. The van der Waals surface area contributed by atoms with Crippen LogP contribution in [0.4, 0.5) is 0 Å². The number of aliphatic hydroxyl groups is 1. The molecule has 0 atom stereocenters. The first kappa shape index (κ1) is 13.6. The first-order chi connectivity index (χ1) is 9.05. The molecule has 100 valence electrons. The smallest absolute Gasteiger partial charge is 0.268 e. The van der Waals surface area contributed by atoms with Gasteiger partial charge in [-0.2, -0.15) is 0 Å². The number of rotatable bonds is 4.